The van der Waals surface area contributed by atoms with Gasteiger partial charge in [-0.3, -0.25) is 14.5 Å². The van der Waals surface area contributed by atoms with Gasteiger partial charge in [0.25, 0.3) is 5.91 Å². The number of amides is 2. The summed E-state index contributed by atoms with van der Waals surface area (Å²) in [7, 11) is 3.16. The second kappa shape index (κ2) is 12.1. The van der Waals surface area contributed by atoms with E-state index in [1.165, 1.54) is 11.3 Å². The Morgan fingerprint density at radius 2 is 1.89 bits per heavy atom. The molecule has 7 nitrogen and oxygen atoms in total. The molecule has 2 amide bonds. The summed E-state index contributed by atoms with van der Waals surface area (Å²) in [5.41, 5.74) is 2.42. The Balaban J connectivity index is 1.62. The van der Waals surface area contributed by atoms with Crippen molar-refractivity contribution in [2.24, 2.45) is 11.3 Å². The Morgan fingerprint density at radius 1 is 1.11 bits per heavy atom. The van der Waals surface area contributed by atoms with E-state index in [4.69, 9.17) is 9.47 Å². The number of hydrogen-bond donors (Lipinski definition) is 2. The molecule has 1 fully saturated rings. The van der Waals surface area contributed by atoms with Crippen LogP contribution in [0.2, 0.25) is 0 Å². The van der Waals surface area contributed by atoms with Gasteiger partial charge in [0.05, 0.1) is 32.0 Å². The molecule has 4 rings (SSSR count). The second-order valence-electron chi connectivity index (χ2n) is 11.6. The molecule has 2 atom stereocenters. The second-order valence-corrected chi connectivity index (χ2v) is 12.7. The van der Waals surface area contributed by atoms with E-state index in [-0.39, 0.29) is 17.2 Å². The number of carbonyl (C=O) groups is 2. The minimum absolute atomic E-state index is 0.0487. The Kier molecular flexibility index (Phi) is 9.04. The highest BCUT2D eigenvalue weighted by Crippen LogP contribution is 2.45. The van der Waals surface area contributed by atoms with Crippen molar-refractivity contribution in [2.75, 3.05) is 37.9 Å². The molecule has 0 bridgehead atoms. The van der Waals surface area contributed by atoms with Gasteiger partial charge in [-0.1, -0.05) is 34.1 Å². The number of nitrogens with zero attached hydrogens (tertiary/aromatic N) is 1. The lowest BCUT2D eigenvalue weighted by Gasteiger charge is -2.34. The first-order chi connectivity index (χ1) is 18.1. The number of likely N-dealkylation sites (tertiary alicyclic amines) is 1. The van der Waals surface area contributed by atoms with Gasteiger partial charge in [0, 0.05) is 17.0 Å². The summed E-state index contributed by atoms with van der Waals surface area (Å²) in [5.74, 6) is 1.44. The van der Waals surface area contributed by atoms with E-state index in [0.717, 1.165) is 50.6 Å². The van der Waals surface area contributed by atoms with Crippen LogP contribution in [0.1, 0.15) is 80.6 Å². The summed E-state index contributed by atoms with van der Waals surface area (Å²) in [6.45, 7) is 10.3. The van der Waals surface area contributed by atoms with Crippen LogP contribution in [0.4, 0.5) is 10.7 Å². The molecule has 0 spiro atoms. The quantitative estimate of drug-likeness (QED) is 0.406. The van der Waals surface area contributed by atoms with Crippen molar-refractivity contribution in [2.45, 2.75) is 78.7 Å². The van der Waals surface area contributed by atoms with E-state index in [1.54, 1.807) is 43.8 Å². The van der Waals surface area contributed by atoms with Gasteiger partial charge < -0.3 is 20.1 Å². The van der Waals surface area contributed by atoms with Gasteiger partial charge in [0.15, 0.2) is 0 Å². The van der Waals surface area contributed by atoms with E-state index in [1.807, 2.05) is 0 Å². The number of fused-ring (bicyclic) bond motifs is 1. The van der Waals surface area contributed by atoms with Gasteiger partial charge in [0.2, 0.25) is 5.91 Å². The van der Waals surface area contributed by atoms with Gasteiger partial charge in [-0.05, 0) is 74.1 Å². The average Bonchev–Trinajstić information content (AvgIpc) is 3.25. The van der Waals surface area contributed by atoms with Crippen molar-refractivity contribution in [3.8, 4) is 11.5 Å². The Hall–Kier alpha value is -2.58. The molecule has 1 aliphatic carbocycles. The molecular formula is C30H43N3O4S. The van der Waals surface area contributed by atoms with Gasteiger partial charge in [-0.2, -0.15) is 0 Å². The topological polar surface area (TPSA) is 79.9 Å². The number of piperidine rings is 1. The van der Waals surface area contributed by atoms with E-state index in [9.17, 15) is 9.59 Å². The summed E-state index contributed by atoms with van der Waals surface area (Å²) in [6.07, 6.45) is 7.32. The van der Waals surface area contributed by atoms with Crippen LogP contribution in [0.3, 0.4) is 0 Å². The molecule has 2 N–H and O–H groups in total. The maximum atomic E-state index is 13.8. The van der Waals surface area contributed by atoms with Crippen LogP contribution in [0, 0.1) is 11.3 Å². The fourth-order valence-corrected chi connectivity index (χ4v) is 7.16. The van der Waals surface area contributed by atoms with Gasteiger partial charge in [-0.25, -0.2) is 0 Å². The molecule has 8 heteroatoms. The first-order valence-corrected chi connectivity index (χ1v) is 14.7. The molecule has 0 unspecified atom stereocenters. The normalized spacial score (nSPS) is 19.9. The van der Waals surface area contributed by atoms with E-state index in [2.05, 4.69) is 43.2 Å². The highest BCUT2D eigenvalue weighted by Gasteiger charge is 2.34. The molecule has 1 aromatic heterocycles. The monoisotopic (exact) mass is 541 g/mol. The van der Waals surface area contributed by atoms with Crippen molar-refractivity contribution in [1.82, 2.24) is 4.90 Å². The number of benzene rings is 1. The maximum absolute atomic E-state index is 13.8. The van der Waals surface area contributed by atoms with Crippen LogP contribution in [0.5, 0.6) is 11.5 Å². The predicted octanol–water partition coefficient (Wildman–Crippen LogP) is 6.37. The molecule has 0 saturated carbocycles. The first kappa shape index (κ1) is 28.4. The van der Waals surface area contributed by atoms with Gasteiger partial charge in [0.1, 0.15) is 16.5 Å². The molecule has 2 aromatic rings. The van der Waals surface area contributed by atoms with Crippen molar-refractivity contribution in [1.29, 1.82) is 0 Å². The summed E-state index contributed by atoms with van der Waals surface area (Å²) in [4.78, 5) is 30.6. The summed E-state index contributed by atoms with van der Waals surface area (Å²) in [6, 6.07) is 5.77. The summed E-state index contributed by atoms with van der Waals surface area (Å²) in [5, 5.41) is 6.85. The summed E-state index contributed by atoms with van der Waals surface area (Å²) < 4.78 is 10.8. The van der Waals surface area contributed by atoms with Crippen LogP contribution < -0.4 is 20.1 Å². The fraction of sp³-hybridized carbons (Fsp3) is 0.600. The molecule has 2 aliphatic rings. The molecule has 1 aliphatic heterocycles. The number of carbonyl (C=O) groups excluding carboxylic acids is 2. The average molecular weight is 542 g/mol. The maximum Gasteiger partial charge on any atom is 0.259 e. The lowest BCUT2D eigenvalue weighted by Crippen LogP contribution is -2.43. The first-order valence-electron chi connectivity index (χ1n) is 13.9. The van der Waals surface area contributed by atoms with Crippen LogP contribution in [0.25, 0.3) is 0 Å². The van der Waals surface area contributed by atoms with E-state index in [0.29, 0.717) is 46.3 Å². The largest absolute Gasteiger partial charge is 0.497 e. The van der Waals surface area contributed by atoms with E-state index >= 15 is 0 Å². The minimum atomic E-state index is -0.222. The van der Waals surface area contributed by atoms with Gasteiger partial charge in [-0.15, -0.1) is 11.3 Å². The number of rotatable bonds is 8. The van der Waals surface area contributed by atoms with E-state index < -0.39 is 0 Å². The molecule has 208 valence electrons. The van der Waals surface area contributed by atoms with Crippen LogP contribution in [-0.4, -0.2) is 50.1 Å². The molecule has 2 heterocycles. The van der Waals surface area contributed by atoms with Crippen molar-refractivity contribution < 1.29 is 19.1 Å². The lowest BCUT2D eigenvalue weighted by atomic mass is 9.72. The lowest BCUT2D eigenvalue weighted by molar-refractivity contribution is -0.118. The standard InChI is InChI=1S/C30H43N3O4S/c1-7-20-10-8-9-15-33(20)18-26(34)32-29-27(22-13-11-19(30(2,3)4)16-25(22)38-29)28(35)31-23-14-12-21(36-5)17-24(23)37-6/h12,14,17,19-20H,7-11,13,15-16,18H2,1-6H3,(H,31,35)(H,32,34)/t19-,20-/m1/s1. The van der Waals surface area contributed by atoms with Crippen molar-refractivity contribution >= 4 is 33.8 Å². The Labute approximate surface area is 231 Å². The van der Waals surface area contributed by atoms with Crippen molar-refractivity contribution in [3.63, 3.8) is 0 Å². The third-order valence-electron chi connectivity index (χ3n) is 8.19. The zero-order chi connectivity index (χ0) is 27.4. The number of nitrogens with one attached hydrogen (secondary N) is 2. The number of ether oxygens (including phenoxy) is 2. The molecular weight excluding hydrogens is 498 g/mol. The molecule has 0 radical (unpaired) electrons. The van der Waals surface area contributed by atoms with Gasteiger partial charge >= 0.3 is 0 Å². The Morgan fingerprint density at radius 3 is 2.58 bits per heavy atom. The van der Waals surface area contributed by atoms with Crippen LogP contribution in [0.15, 0.2) is 18.2 Å². The number of methoxy groups -OCH3 is 2. The number of thiophene rings is 1. The number of hydrogen-bond acceptors (Lipinski definition) is 6. The fourth-order valence-electron chi connectivity index (χ4n) is 5.82. The third kappa shape index (κ3) is 6.34. The molecule has 38 heavy (non-hydrogen) atoms. The SMILES string of the molecule is CC[C@@H]1CCCCN1CC(=O)Nc1sc2c(c1C(=O)Nc1ccc(OC)cc1OC)CC[C@@H](C(C)(C)C)C2. The number of anilines is 2. The molecule has 1 aromatic carbocycles. The van der Waals surface area contributed by atoms with Crippen molar-refractivity contribution in [3.05, 3.63) is 34.2 Å². The smallest absolute Gasteiger partial charge is 0.259 e. The zero-order valence-corrected chi connectivity index (χ0v) is 24.6. The zero-order valence-electron chi connectivity index (χ0n) is 23.7. The summed E-state index contributed by atoms with van der Waals surface area (Å²) >= 11 is 1.57. The highest BCUT2D eigenvalue weighted by molar-refractivity contribution is 7.17. The van der Waals surface area contributed by atoms with Crippen LogP contribution >= 0.6 is 11.3 Å². The highest BCUT2D eigenvalue weighted by atomic mass is 32.1. The van der Waals surface area contributed by atoms with Crippen LogP contribution in [-0.2, 0) is 17.6 Å². The Bertz CT molecular complexity index is 1150. The predicted molar refractivity (Wildman–Crippen MR) is 155 cm³/mol. The minimum Gasteiger partial charge on any atom is -0.497 e. The third-order valence-corrected chi connectivity index (χ3v) is 9.36. The molecule has 1 saturated heterocycles.